The molecule has 0 amide bonds. The molecule has 0 atom stereocenters. The SMILES string of the molecule is CC(C)COc1ccccc1NCc1ccc(OCCc2ccccc2)cc1. The molecule has 1 N–H and O–H groups in total. The molecule has 0 aliphatic heterocycles. The summed E-state index contributed by atoms with van der Waals surface area (Å²) in [4.78, 5) is 0. The predicted octanol–water partition coefficient (Wildman–Crippen LogP) is 5.96. The van der Waals surface area contributed by atoms with E-state index in [1.165, 1.54) is 11.1 Å². The van der Waals surface area contributed by atoms with Gasteiger partial charge in [0.15, 0.2) is 0 Å². The average molecular weight is 376 g/mol. The first kappa shape index (κ1) is 19.8. The summed E-state index contributed by atoms with van der Waals surface area (Å²) in [5.41, 5.74) is 3.52. The van der Waals surface area contributed by atoms with Gasteiger partial charge in [-0.1, -0.05) is 68.4 Å². The molecule has 28 heavy (non-hydrogen) atoms. The van der Waals surface area contributed by atoms with Gasteiger partial charge in [0.2, 0.25) is 0 Å². The Balaban J connectivity index is 1.48. The Labute approximate surface area is 168 Å². The fourth-order valence-electron chi connectivity index (χ4n) is 2.83. The molecule has 0 unspecified atom stereocenters. The fourth-order valence-corrected chi connectivity index (χ4v) is 2.83. The number of nitrogens with one attached hydrogen (secondary N) is 1. The Morgan fingerprint density at radius 2 is 1.46 bits per heavy atom. The highest BCUT2D eigenvalue weighted by Crippen LogP contribution is 2.25. The zero-order chi connectivity index (χ0) is 19.6. The molecule has 3 aromatic rings. The first-order valence-electron chi connectivity index (χ1n) is 9.92. The lowest BCUT2D eigenvalue weighted by molar-refractivity contribution is 0.272. The van der Waals surface area contributed by atoms with Crippen LogP contribution in [0, 0.1) is 5.92 Å². The van der Waals surface area contributed by atoms with Crippen molar-refractivity contribution in [2.45, 2.75) is 26.8 Å². The van der Waals surface area contributed by atoms with Crippen molar-refractivity contribution in [3.8, 4) is 11.5 Å². The summed E-state index contributed by atoms with van der Waals surface area (Å²) in [7, 11) is 0. The van der Waals surface area contributed by atoms with Crippen molar-refractivity contribution < 1.29 is 9.47 Å². The molecule has 0 spiro atoms. The fraction of sp³-hybridized carbons (Fsp3) is 0.280. The Morgan fingerprint density at radius 3 is 2.21 bits per heavy atom. The standard InChI is InChI=1S/C25H29NO2/c1-20(2)19-28-25-11-7-6-10-24(25)26-18-22-12-14-23(15-13-22)27-17-16-21-8-4-3-5-9-21/h3-15,20,26H,16-19H2,1-2H3. The van der Waals surface area contributed by atoms with Crippen molar-refractivity contribution in [3.63, 3.8) is 0 Å². The van der Waals surface area contributed by atoms with Crippen LogP contribution in [0.2, 0.25) is 0 Å². The summed E-state index contributed by atoms with van der Waals surface area (Å²) in [6.45, 7) is 6.45. The van der Waals surface area contributed by atoms with Crippen molar-refractivity contribution in [3.05, 3.63) is 90.0 Å². The number of benzene rings is 3. The zero-order valence-corrected chi connectivity index (χ0v) is 16.7. The van der Waals surface area contributed by atoms with Crippen LogP contribution in [0.4, 0.5) is 5.69 Å². The van der Waals surface area contributed by atoms with Crippen LogP contribution in [0.25, 0.3) is 0 Å². The van der Waals surface area contributed by atoms with Gasteiger partial charge in [0.05, 0.1) is 18.9 Å². The van der Waals surface area contributed by atoms with Gasteiger partial charge in [-0.2, -0.15) is 0 Å². The summed E-state index contributed by atoms with van der Waals surface area (Å²) >= 11 is 0. The number of hydrogen-bond acceptors (Lipinski definition) is 3. The minimum atomic E-state index is 0.502. The quantitative estimate of drug-likeness (QED) is 0.474. The van der Waals surface area contributed by atoms with E-state index in [9.17, 15) is 0 Å². The van der Waals surface area contributed by atoms with E-state index in [0.717, 1.165) is 30.2 Å². The van der Waals surface area contributed by atoms with Crippen molar-refractivity contribution >= 4 is 5.69 Å². The van der Waals surface area contributed by atoms with Gasteiger partial charge in [-0.3, -0.25) is 0 Å². The second-order valence-corrected chi connectivity index (χ2v) is 7.28. The van der Waals surface area contributed by atoms with E-state index in [0.29, 0.717) is 19.1 Å². The molecule has 3 aromatic carbocycles. The molecular formula is C25H29NO2. The Hall–Kier alpha value is -2.94. The van der Waals surface area contributed by atoms with Crippen LogP contribution in [-0.4, -0.2) is 13.2 Å². The van der Waals surface area contributed by atoms with E-state index in [1.54, 1.807) is 0 Å². The highest BCUT2D eigenvalue weighted by molar-refractivity contribution is 5.56. The highest BCUT2D eigenvalue weighted by atomic mass is 16.5. The van der Waals surface area contributed by atoms with Crippen LogP contribution in [0.1, 0.15) is 25.0 Å². The normalized spacial score (nSPS) is 10.7. The Bertz CT molecular complexity index is 829. The summed E-state index contributed by atoms with van der Waals surface area (Å²) < 4.78 is 11.8. The maximum atomic E-state index is 5.90. The number of anilines is 1. The van der Waals surface area contributed by atoms with Crippen LogP contribution in [-0.2, 0) is 13.0 Å². The van der Waals surface area contributed by atoms with E-state index >= 15 is 0 Å². The monoisotopic (exact) mass is 375 g/mol. The predicted molar refractivity (Wildman–Crippen MR) is 116 cm³/mol. The molecule has 3 heteroatoms. The van der Waals surface area contributed by atoms with Gasteiger partial charge in [-0.05, 0) is 41.3 Å². The first-order valence-corrected chi connectivity index (χ1v) is 9.92. The molecule has 3 rings (SSSR count). The molecule has 146 valence electrons. The lowest BCUT2D eigenvalue weighted by atomic mass is 10.2. The number of hydrogen-bond donors (Lipinski definition) is 1. The maximum Gasteiger partial charge on any atom is 0.142 e. The molecule has 0 saturated carbocycles. The molecule has 0 bridgehead atoms. The van der Waals surface area contributed by atoms with Gasteiger partial charge >= 0.3 is 0 Å². The topological polar surface area (TPSA) is 30.5 Å². The Kier molecular flexibility index (Phi) is 7.36. The van der Waals surface area contributed by atoms with Crippen LogP contribution in [0.3, 0.4) is 0 Å². The van der Waals surface area contributed by atoms with E-state index in [4.69, 9.17) is 9.47 Å². The van der Waals surface area contributed by atoms with Gasteiger partial charge in [0, 0.05) is 13.0 Å². The zero-order valence-electron chi connectivity index (χ0n) is 16.7. The number of rotatable bonds is 10. The van der Waals surface area contributed by atoms with E-state index in [1.807, 2.05) is 36.4 Å². The lowest BCUT2D eigenvalue weighted by Gasteiger charge is -2.14. The average Bonchev–Trinajstić information content (AvgIpc) is 2.73. The van der Waals surface area contributed by atoms with E-state index in [2.05, 4.69) is 61.6 Å². The van der Waals surface area contributed by atoms with Gasteiger partial charge in [0.1, 0.15) is 11.5 Å². The lowest BCUT2D eigenvalue weighted by Crippen LogP contribution is -2.07. The van der Waals surface area contributed by atoms with Crippen LogP contribution >= 0.6 is 0 Å². The molecular weight excluding hydrogens is 346 g/mol. The first-order chi connectivity index (χ1) is 13.7. The Morgan fingerprint density at radius 1 is 0.750 bits per heavy atom. The minimum absolute atomic E-state index is 0.502. The third kappa shape index (κ3) is 6.34. The van der Waals surface area contributed by atoms with Crippen molar-refractivity contribution in [2.75, 3.05) is 18.5 Å². The highest BCUT2D eigenvalue weighted by Gasteiger charge is 2.04. The van der Waals surface area contributed by atoms with Gasteiger partial charge in [-0.15, -0.1) is 0 Å². The van der Waals surface area contributed by atoms with Crippen LogP contribution < -0.4 is 14.8 Å². The van der Waals surface area contributed by atoms with Crippen molar-refractivity contribution in [1.82, 2.24) is 0 Å². The van der Waals surface area contributed by atoms with Gasteiger partial charge in [-0.25, -0.2) is 0 Å². The van der Waals surface area contributed by atoms with Crippen LogP contribution in [0.15, 0.2) is 78.9 Å². The summed E-state index contributed by atoms with van der Waals surface area (Å²) in [6, 6.07) is 26.7. The smallest absolute Gasteiger partial charge is 0.142 e. The van der Waals surface area contributed by atoms with Crippen molar-refractivity contribution in [2.24, 2.45) is 5.92 Å². The molecule has 0 radical (unpaired) electrons. The number of para-hydroxylation sites is 2. The van der Waals surface area contributed by atoms with Gasteiger partial charge < -0.3 is 14.8 Å². The molecule has 0 aliphatic rings. The molecule has 3 nitrogen and oxygen atoms in total. The summed E-state index contributed by atoms with van der Waals surface area (Å²) in [5, 5.41) is 3.47. The second kappa shape index (κ2) is 10.4. The molecule has 0 heterocycles. The molecule has 0 aliphatic carbocycles. The van der Waals surface area contributed by atoms with E-state index in [-0.39, 0.29) is 0 Å². The largest absolute Gasteiger partial charge is 0.493 e. The van der Waals surface area contributed by atoms with Gasteiger partial charge in [0.25, 0.3) is 0 Å². The molecule has 0 fully saturated rings. The third-order valence-corrected chi connectivity index (χ3v) is 4.37. The molecule has 0 saturated heterocycles. The molecule has 0 aromatic heterocycles. The third-order valence-electron chi connectivity index (χ3n) is 4.37. The maximum absolute atomic E-state index is 5.90. The summed E-state index contributed by atoms with van der Waals surface area (Å²) in [6.07, 6.45) is 0.914. The minimum Gasteiger partial charge on any atom is -0.493 e. The second-order valence-electron chi connectivity index (χ2n) is 7.28. The van der Waals surface area contributed by atoms with Crippen LogP contribution in [0.5, 0.6) is 11.5 Å². The number of ether oxygens (including phenoxy) is 2. The van der Waals surface area contributed by atoms with E-state index < -0.39 is 0 Å². The summed E-state index contributed by atoms with van der Waals surface area (Å²) in [5.74, 6) is 2.31. The van der Waals surface area contributed by atoms with Crippen molar-refractivity contribution in [1.29, 1.82) is 0 Å².